The van der Waals surface area contributed by atoms with Crippen LogP contribution in [0, 0.1) is 0 Å². The van der Waals surface area contributed by atoms with E-state index in [1.165, 1.54) is 0 Å². The molecule has 0 aliphatic rings. The van der Waals surface area contributed by atoms with E-state index in [-0.39, 0.29) is 0 Å². The molecule has 20 heavy (non-hydrogen) atoms. The van der Waals surface area contributed by atoms with Gasteiger partial charge >= 0.3 is 0 Å². The highest BCUT2D eigenvalue weighted by Gasteiger charge is 2.11. The zero-order valence-corrected chi connectivity index (χ0v) is 13.1. The van der Waals surface area contributed by atoms with E-state index in [0.29, 0.717) is 17.9 Å². The molecule has 0 aliphatic heterocycles. The van der Waals surface area contributed by atoms with Crippen LogP contribution < -0.4 is 9.47 Å². The minimum Gasteiger partial charge on any atom is -0.493 e. The molecular formula is C16H17BrO3. The quantitative estimate of drug-likeness (QED) is 0.903. The first-order chi connectivity index (χ1) is 9.63. The summed E-state index contributed by atoms with van der Waals surface area (Å²) in [7, 11) is 3.21. The maximum absolute atomic E-state index is 10.3. The number of rotatable bonds is 5. The van der Waals surface area contributed by atoms with Gasteiger partial charge in [0.25, 0.3) is 0 Å². The number of hydrogen-bond donors (Lipinski definition) is 1. The van der Waals surface area contributed by atoms with Crippen molar-refractivity contribution < 1.29 is 14.6 Å². The second kappa shape index (κ2) is 6.77. The fraction of sp³-hybridized carbons (Fsp3) is 0.250. The summed E-state index contributed by atoms with van der Waals surface area (Å²) in [5.74, 6) is 1.36. The molecule has 4 heteroatoms. The van der Waals surface area contributed by atoms with Crippen LogP contribution in [0.5, 0.6) is 11.5 Å². The van der Waals surface area contributed by atoms with Gasteiger partial charge in [-0.25, -0.2) is 0 Å². The van der Waals surface area contributed by atoms with Gasteiger partial charge in [-0.05, 0) is 35.4 Å². The highest BCUT2D eigenvalue weighted by Crippen LogP contribution is 2.29. The summed E-state index contributed by atoms with van der Waals surface area (Å²) in [6, 6.07) is 13.4. The van der Waals surface area contributed by atoms with Crippen molar-refractivity contribution in [3.63, 3.8) is 0 Å². The SMILES string of the molecule is COc1ccc(CC(O)c2cccc(Br)c2)cc1OC. The Kier molecular flexibility index (Phi) is 5.04. The van der Waals surface area contributed by atoms with Crippen LogP contribution >= 0.6 is 15.9 Å². The van der Waals surface area contributed by atoms with Crippen LogP contribution in [0.1, 0.15) is 17.2 Å². The molecule has 0 aromatic heterocycles. The smallest absolute Gasteiger partial charge is 0.160 e. The van der Waals surface area contributed by atoms with Crippen molar-refractivity contribution in [2.45, 2.75) is 12.5 Å². The van der Waals surface area contributed by atoms with Crippen molar-refractivity contribution in [3.8, 4) is 11.5 Å². The molecule has 0 aliphatic carbocycles. The molecule has 0 bridgehead atoms. The van der Waals surface area contributed by atoms with Crippen molar-refractivity contribution in [1.29, 1.82) is 0 Å². The topological polar surface area (TPSA) is 38.7 Å². The molecule has 0 spiro atoms. The first-order valence-electron chi connectivity index (χ1n) is 6.28. The molecule has 0 radical (unpaired) electrons. The third-order valence-electron chi connectivity index (χ3n) is 3.11. The molecule has 0 fully saturated rings. The summed E-state index contributed by atoms with van der Waals surface area (Å²) in [4.78, 5) is 0. The zero-order valence-electron chi connectivity index (χ0n) is 11.5. The Balaban J connectivity index is 2.17. The molecule has 0 amide bonds. The molecule has 0 saturated carbocycles. The normalized spacial score (nSPS) is 12.0. The van der Waals surface area contributed by atoms with Crippen LogP contribution in [0.15, 0.2) is 46.9 Å². The predicted octanol–water partition coefficient (Wildman–Crippen LogP) is 3.74. The van der Waals surface area contributed by atoms with Crippen LogP contribution in [-0.2, 0) is 6.42 Å². The molecule has 2 aromatic carbocycles. The number of halogens is 1. The number of methoxy groups -OCH3 is 2. The molecular weight excluding hydrogens is 320 g/mol. The zero-order chi connectivity index (χ0) is 14.5. The highest BCUT2D eigenvalue weighted by atomic mass is 79.9. The number of benzene rings is 2. The van der Waals surface area contributed by atoms with Crippen molar-refractivity contribution in [1.82, 2.24) is 0 Å². The van der Waals surface area contributed by atoms with Gasteiger partial charge in [0.15, 0.2) is 11.5 Å². The van der Waals surface area contributed by atoms with Crippen LogP contribution in [0.2, 0.25) is 0 Å². The first kappa shape index (κ1) is 14.9. The predicted molar refractivity (Wildman–Crippen MR) is 82.4 cm³/mol. The number of ether oxygens (including phenoxy) is 2. The number of aliphatic hydroxyl groups is 1. The van der Waals surface area contributed by atoms with E-state index in [4.69, 9.17) is 9.47 Å². The average Bonchev–Trinajstić information content (AvgIpc) is 2.47. The fourth-order valence-corrected chi connectivity index (χ4v) is 2.48. The highest BCUT2D eigenvalue weighted by molar-refractivity contribution is 9.10. The molecule has 0 saturated heterocycles. The van der Waals surface area contributed by atoms with Gasteiger partial charge in [-0.2, -0.15) is 0 Å². The van der Waals surface area contributed by atoms with Crippen molar-refractivity contribution in [2.24, 2.45) is 0 Å². The van der Waals surface area contributed by atoms with E-state index in [0.717, 1.165) is 15.6 Å². The largest absolute Gasteiger partial charge is 0.493 e. The fourth-order valence-electron chi connectivity index (χ4n) is 2.06. The summed E-state index contributed by atoms with van der Waals surface area (Å²) in [5.41, 5.74) is 1.88. The Morgan fingerprint density at radius 3 is 2.45 bits per heavy atom. The Labute approximate surface area is 127 Å². The maximum Gasteiger partial charge on any atom is 0.160 e. The van der Waals surface area contributed by atoms with Crippen molar-refractivity contribution >= 4 is 15.9 Å². The van der Waals surface area contributed by atoms with Gasteiger partial charge in [0.05, 0.1) is 20.3 Å². The van der Waals surface area contributed by atoms with E-state index in [1.54, 1.807) is 14.2 Å². The third-order valence-corrected chi connectivity index (χ3v) is 3.60. The summed E-state index contributed by atoms with van der Waals surface area (Å²) >= 11 is 3.41. The number of hydrogen-bond acceptors (Lipinski definition) is 3. The molecule has 106 valence electrons. The Morgan fingerprint density at radius 1 is 1.05 bits per heavy atom. The lowest BCUT2D eigenvalue weighted by Gasteiger charge is -2.13. The van der Waals surface area contributed by atoms with Gasteiger partial charge in [-0.1, -0.05) is 34.1 Å². The van der Waals surface area contributed by atoms with Crippen LogP contribution in [0.25, 0.3) is 0 Å². The molecule has 2 aromatic rings. The Bertz CT molecular complexity index is 584. The van der Waals surface area contributed by atoms with Crippen molar-refractivity contribution in [3.05, 3.63) is 58.1 Å². The van der Waals surface area contributed by atoms with Crippen LogP contribution in [-0.4, -0.2) is 19.3 Å². The molecule has 0 heterocycles. The van der Waals surface area contributed by atoms with Gasteiger partial charge < -0.3 is 14.6 Å². The molecule has 3 nitrogen and oxygen atoms in total. The van der Waals surface area contributed by atoms with Gasteiger partial charge in [0.1, 0.15) is 0 Å². The van der Waals surface area contributed by atoms with Gasteiger partial charge in [0, 0.05) is 10.9 Å². The summed E-state index contributed by atoms with van der Waals surface area (Å²) < 4.78 is 11.4. The lowest BCUT2D eigenvalue weighted by Crippen LogP contribution is -2.02. The molecule has 1 N–H and O–H groups in total. The van der Waals surface area contributed by atoms with Crippen LogP contribution in [0.4, 0.5) is 0 Å². The van der Waals surface area contributed by atoms with Crippen LogP contribution in [0.3, 0.4) is 0 Å². The first-order valence-corrected chi connectivity index (χ1v) is 7.07. The van der Waals surface area contributed by atoms with Gasteiger partial charge in [-0.3, -0.25) is 0 Å². The summed E-state index contributed by atoms with van der Waals surface area (Å²) in [5, 5.41) is 10.3. The lowest BCUT2D eigenvalue weighted by atomic mass is 10.0. The van der Waals surface area contributed by atoms with E-state index < -0.39 is 6.10 Å². The summed E-state index contributed by atoms with van der Waals surface area (Å²) in [6.45, 7) is 0. The second-order valence-corrected chi connectivity index (χ2v) is 5.38. The maximum atomic E-state index is 10.3. The molecule has 2 rings (SSSR count). The standard InChI is InChI=1S/C16H17BrO3/c1-19-15-7-6-11(9-16(15)20-2)8-14(18)12-4-3-5-13(17)10-12/h3-7,9-10,14,18H,8H2,1-2H3. The van der Waals surface area contributed by atoms with E-state index in [2.05, 4.69) is 15.9 Å². The third kappa shape index (κ3) is 3.52. The van der Waals surface area contributed by atoms with Gasteiger partial charge in [0.2, 0.25) is 0 Å². The second-order valence-electron chi connectivity index (χ2n) is 4.46. The lowest BCUT2D eigenvalue weighted by molar-refractivity contribution is 0.178. The van der Waals surface area contributed by atoms with Gasteiger partial charge in [-0.15, -0.1) is 0 Å². The number of aliphatic hydroxyl groups excluding tert-OH is 1. The molecule has 1 atom stereocenters. The van der Waals surface area contributed by atoms with Crippen molar-refractivity contribution in [2.75, 3.05) is 14.2 Å². The van der Waals surface area contributed by atoms with E-state index in [9.17, 15) is 5.11 Å². The minimum atomic E-state index is -0.550. The minimum absolute atomic E-state index is 0.525. The van der Waals surface area contributed by atoms with E-state index >= 15 is 0 Å². The van der Waals surface area contributed by atoms with E-state index in [1.807, 2.05) is 42.5 Å². The monoisotopic (exact) mass is 336 g/mol. The summed E-state index contributed by atoms with van der Waals surface area (Å²) in [6.07, 6.45) is -0.0258. The average molecular weight is 337 g/mol. The Morgan fingerprint density at radius 2 is 1.80 bits per heavy atom. The molecule has 1 unspecified atom stereocenters. The Hall–Kier alpha value is -1.52.